The van der Waals surface area contributed by atoms with Gasteiger partial charge >= 0.3 is 0 Å². The third-order valence-corrected chi connectivity index (χ3v) is 3.35. The van der Waals surface area contributed by atoms with E-state index in [4.69, 9.17) is 4.74 Å². The van der Waals surface area contributed by atoms with E-state index in [0.29, 0.717) is 6.61 Å². The topological polar surface area (TPSA) is 21.3 Å². The fourth-order valence-corrected chi connectivity index (χ4v) is 2.18. The summed E-state index contributed by atoms with van der Waals surface area (Å²) < 4.78 is 5.63. The highest BCUT2D eigenvalue weighted by molar-refractivity contribution is 5.33. The molecule has 0 aliphatic rings. The smallest absolute Gasteiger partial charge is 0.123 e. The van der Waals surface area contributed by atoms with E-state index < -0.39 is 0 Å². The minimum atomic E-state index is 0.704. The van der Waals surface area contributed by atoms with Crippen molar-refractivity contribution in [1.29, 1.82) is 0 Å². The lowest BCUT2D eigenvalue weighted by molar-refractivity contribution is 0.335. The standard InChI is InChI=1S/C18H23NO/c1-3-15-9-11-16(12-10-15)13-19-14-17-7-5-6-8-18(17)20-4-2/h5-12,19H,3-4,13-14H2,1-2H3. The number of hydrogen-bond acceptors (Lipinski definition) is 2. The second-order valence-electron chi connectivity index (χ2n) is 4.81. The zero-order valence-electron chi connectivity index (χ0n) is 12.4. The summed E-state index contributed by atoms with van der Waals surface area (Å²) in [6, 6.07) is 17.0. The molecule has 106 valence electrons. The van der Waals surface area contributed by atoms with Crippen molar-refractivity contribution in [2.45, 2.75) is 33.4 Å². The van der Waals surface area contributed by atoms with Crippen LogP contribution in [0.4, 0.5) is 0 Å². The van der Waals surface area contributed by atoms with E-state index in [-0.39, 0.29) is 0 Å². The molecule has 0 aromatic heterocycles. The van der Waals surface area contributed by atoms with Gasteiger partial charge in [-0.05, 0) is 30.5 Å². The number of para-hydroxylation sites is 1. The molecule has 1 N–H and O–H groups in total. The molecule has 0 bridgehead atoms. The van der Waals surface area contributed by atoms with Crippen molar-refractivity contribution in [3.05, 3.63) is 65.2 Å². The van der Waals surface area contributed by atoms with Crippen LogP contribution in [-0.2, 0) is 19.5 Å². The highest BCUT2D eigenvalue weighted by Crippen LogP contribution is 2.17. The molecule has 2 nitrogen and oxygen atoms in total. The van der Waals surface area contributed by atoms with Crippen LogP contribution in [0.15, 0.2) is 48.5 Å². The van der Waals surface area contributed by atoms with Crippen LogP contribution in [0, 0.1) is 0 Å². The minimum Gasteiger partial charge on any atom is -0.494 e. The van der Waals surface area contributed by atoms with E-state index >= 15 is 0 Å². The predicted molar refractivity (Wildman–Crippen MR) is 84.0 cm³/mol. The fourth-order valence-electron chi connectivity index (χ4n) is 2.18. The number of rotatable bonds is 7. The molecule has 0 aliphatic carbocycles. The summed E-state index contributed by atoms with van der Waals surface area (Å²) in [6.07, 6.45) is 1.09. The van der Waals surface area contributed by atoms with Crippen molar-refractivity contribution in [3.63, 3.8) is 0 Å². The van der Waals surface area contributed by atoms with Crippen molar-refractivity contribution >= 4 is 0 Å². The Balaban J connectivity index is 1.89. The normalized spacial score (nSPS) is 10.5. The Morgan fingerprint density at radius 2 is 1.55 bits per heavy atom. The summed E-state index contributed by atoms with van der Waals surface area (Å²) in [7, 11) is 0. The molecule has 0 spiro atoms. The molecule has 0 aliphatic heterocycles. The van der Waals surface area contributed by atoms with Gasteiger partial charge in [-0.15, -0.1) is 0 Å². The van der Waals surface area contributed by atoms with E-state index in [9.17, 15) is 0 Å². The van der Waals surface area contributed by atoms with Gasteiger partial charge in [0.25, 0.3) is 0 Å². The van der Waals surface area contributed by atoms with Crippen LogP contribution < -0.4 is 10.1 Å². The molecule has 0 saturated carbocycles. The Labute approximate surface area is 121 Å². The van der Waals surface area contributed by atoms with Gasteiger partial charge in [0.15, 0.2) is 0 Å². The highest BCUT2D eigenvalue weighted by Gasteiger charge is 2.01. The Kier molecular flexibility index (Phi) is 5.63. The van der Waals surface area contributed by atoms with E-state index in [1.807, 2.05) is 19.1 Å². The monoisotopic (exact) mass is 269 g/mol. The molecule has 2 aromatic carbocycles. The highest BCUT2D eigenvalue weighted by atomic mass is 16.5. The van der Waals surface area contributed by atoms with E-state index in [0.717, 1.165) is 25.3 Å². The summed E-state index contributed by atoms with van der Waals surface area (Å²) in [5.41, 5.74) is 3.91. The quantitative estimate of drug-likeness (QED) is 0.822. The zero-order valence-corrected chi connectivity index (χ0v) is 12.4. The van der Waals surface area contributed by atoms with E-state index in [1.54, 1.807) is 0 Å². The summed E-state index contributed by atoms with van der Waals surface area (Å²) >= 11 is 0. The van der Waals surface area contributed by atoms with Crippen LogP contribution in [0.3, 0.4) is 0 Å². The van der Waals surface area contributed by atoms with Crippen LogP contribution in [0.25, 0.3) is 0 Å². The number of benzene rings is 2. The lowest BCUT2D eigenvalue weighted by atomic mass is 10.1. The first kappa shape index (κ1) is 14.6. The maximum Gasteiger partial charge on any atom is 0.123 e. The SMILES string of the molecule is CCOc1ccccc1CNCc1ccc(CC)cc1. The third-order valence-electron chi connectivity index (χ3n) is 3.35. The number of ether oxygens (including phenoxy) is 1. The van der Waals surface area contributed by atoms with Gasteiger partial charge in [-0.2, -0.15) is 0 Å². The van der Waals surface area contributed by atoms with Gasteiger partial charge in [-0.3, -0.25) is 0 Å². The molecule has 20 heavy (non-hydrogen) atoms. The maximum atomic E-state index is 5.63. The average molecular weight is 269 g/mol. The van der Waals surface area contributed by atoms with Crippen LogP contribution in [-0.4, -0.2) is 6.61 Å². The molecule has 0 unspecified atom stereocenters. The van der Waals surface area contributed by atoms with Crippen molar-refractivity contribution in [3.8, 4) is 5.75 Å². The van der Waals surface area contributed by atoms with Gasteiger partial charge in [0.1, 0.15) is 5.75 Å². The molecule has 0 atom stereocenters. The molecule has 2 rings (SSSR count). The summed E-state index contributed by atoms with van der Waals surface area (Å²) in [6.45, 7) is 6.60. The maximum absolute atomic E-state index is 5.63. The Morgan fingerprint density at radius 3 is 2.25 bits per heavy atom. The molecule has 0 heterocycles. The molecule has 0 saturated heterocycles. The molecule has 0 amide bonds. The zero-order chi connectivity index (χ0) is 14.2. The van der Waals surface area contributed by atoms with Gasteiger partial charge in [0.2, 0.25) is 0 Å². The largest absolute Gasteiger partial charge is 0.494 e. The first-order chi connectivity index (χ1) is 9.83. The van der Waals surface area contributed by atoms with Crippen LogP contribution in [0.5, 0.6) is 5.75 Å². The first-order valence-electron chi connectivity index (χ1n) is 7.32. The lowest BCUT2D eigenvalue weighted by Gasteiger charge is -2.11. The predicted octanol–water partition coefficient (Wildman–Crippen LogP) is 3.94. The van der Waals surface area contributed by atoms with Gasteiger partial charge < -0.3 is 10.1 Å². The average Bonchev–Trinajstić information content (AvgIpc) is 2.50. The van der Waals surface area contributed by atoms with E-state index in [2.05, 4.69) is 48.6 Å². The minimum absolute atomic E-state index is 0.704. The summed E-state index contributed by atoms with van der Waals surface area (Å²) in [5, 5.41) is 3.47. The van der Waals surface area contributed by atoms with Gasteiger partial charge in [-0.1, -0.05) is 49.4 Å². The molecule has 0 fully saturated rings. The van der Waals surface area contributed by atoms with Crippen molar-refractivity contribution in [1.82, 2.24) is 5.32 Å². The molecule has 0 radical (unpaired) electrons. The van der Waals surface area contributed by atoms with Gasteiger partial charge in [-0.25, -0.2) is 0 Å². The Hall–Kier alpha value is -1.80. The second kappa shape index (κ2) is 7.71. The number of aryl methyl sites for hydroxylation is 1. The lowest BCUT2D eigenvalue weighted by Crippen LogP contribution is -2.13. The van der Waals surface area contributed by atoms with Crippen molar-refractivity contribution < 1.29 is 4.74 Å². The molecular weight excluding hydrogens is 246 g/mol. The van der Waals surface area contributed by atoms with E-state index in [1.165, 1.54) is 16.7 Å². The van der Waals surface area contributed by atoms with Crippen LogP contribution in [0.2, 0.25) is 0 Å². The molecule has 2 heteroatoms. The third kappa shape index (κ3) is 4.10. The summed E-state index contributed by atoms with van der Waals surface area (Å²) in [5.74, 6) is 0.976. The van der Waals surface area contributed by atoms with Gasteiger partial charge in [0.05, 0.1) is 6.61 Å². The second-order valence-corrected chi connectivity index (χ2v) is 4.81. The van der Waals surface area contributed by atoms with Crippen LogP contribution in [0.1, 0.15) is 30.5 Å². The summed E-state index contributed by atoms with van der Waals surface area (Å²) in [4.78, 5) is 0. The Morgan fingerprint density at radius 1 is 0.850 bits per heavy atom. The number of nitrogens with one attached hydrogen (secondary N) is 1. The van der Waals surface area contributed by atoms with Crippen molar-refractivity contribution in [2.24, 2.45) is 0 Å². The number of hydrogen-bond donors (Lipinski definition) is 1. The Bertz CT molecular complexity index is 519. The first-order valence-corrected chi connectivity index (χ1v) is 7.32. The fraction of sp³-hybridized carbons (Fsp3) is 0.333. The van der Waals surface area contributed by atoms with Crippen molar-refractivity contribution in [2.75, 3.05) is 6.61 Å². The van der Waals surface area contributed by atoms with Crippen LogP contribution >= 0.6 is 0 Å². The van der Waals surface area contributed by atoms with Gasteiger partial charge in [0, 0.05) is 18.7 Å². The molecule has 2 aromatic rings. The molecular formula is C18H23NO.